The van der Waals surface area contributed by atoms with Gasteiger partial charge < -0.3 is 23.9 Å². The molecule has 0 fully saturated rings. The van der Waals surface area contributed by atoms with Crippen molar-refractivity contribution in [3.05, 3.63) is 119 Å². The van der Waals surface area contributed by atoms with Crippen molar-refractivity contribution in [2.75, 3.05) is 7.11 Å². The van der Waals surface area contributed by atoms with Crippen molar-refractivity contribution in [1.82, 2.24) is 5.32 Å². The zero-order chi connectivity index (χ0) is 26.5. The van der Waals surface area contributed by atoms with E-state index in [0.717, 1.165) is 5.56 Å². The summed E-state index contributed by atoms with van der Waals surface area (Å²) in [7, 11) is 1.52. The van der Waals surface area contributed by atoms with E-state index in [1.807, 2.05) is 30.3 Å². The lowest BCUT2D eigenvalue weighted by molar-refractivity contribution is -0.136. The normalized spacial score (nSPS) is 11.6. The summed E-state index contributed by atoms with van der Waals surface area (Å²) >= 11 is 0. The molecule has 38 heavy (non-hydrogen) atoms. The number of alkyl carbamates (subject to hydrolysis) is 1. The van der Waals surface area contributed by atoms with Gasteiger partial charge in [-0.1, -0.05) is 60.7 Å². The van der Waals surface area contributed by atoms with Crippen LogP contribution in [-0.4, -0.2) is 19.2 Å². The third-order valence-electron chi connectivity index (χ3n) is 5.95. The first-order valence-electron chi connectivity index (χ1n) is 11.8. The third-order valence-corrected chi connectivity index (χ3v) is 5.95. The Bertz CT molecular complexity index is 1660. The van der Waals surface area contributed by atoms with Gasteiger partial charge in [-0.3, -0.25) is 0 Å². The minimum absolute atomic E-state index is 0.0484. The Morgan fingerprint density at radius 3 is 2.24 bits per heavy atom. The van der Waals surface area contributed by atoms with Crippen LogP contribution < -0.4 is 20.4 Å². The lowest BCUT2D eigenvalue weighted by Gasteiger charge is -2.18. The van der Waals surface area contributed by atoms with E-state index in [-0.39, 0.29) is 17.9 Å². The van der Waals surface area contributed by atoms with E-state index in [9.17, 15) is 14.4 Å². The number of carbonyl (C=O) groups is 2. The monoisotopic (exact) mass is 509 g/mol. The van der Waals surface area contributed by atoms with Gasteiger partial charge in [0.25, 0.3) is 0 Å². The predicted octanol–water partition coefficient (Wildman–Crippen LogP) is 5.53. The first-order chi connectivity index (χ1) is 18.5. The summed E-state index contributed by atoms with van der Waals surface area (Å²) in [5.41, 5.74) is 1.04. The molecule has 0 bridgehead atoms. The molecule has 1 amide bonds. The van der Waals surface area contributed by atoms with Crippen LogP contribution in [-0.2, 0) is 16.1 Å². The largest absolute Gasteiger partial charge is 0.497 e. The molecular weight excluding hydrogens is 486 g/mol. The number of nitrogens with one attached hydrogen (secondary N) is 1. The molecule has 0 saturated carbocycles. The molecule has 0 spiro atoms. The molecule has 8 heteroatoms. The molecule has 1 heterocycles. The average Bonchev–Trinajstić information content (AvgIpc) is 2.95. The minimum Gasteiger partial charge on any atom is -0.497 e. The number of benzene rings is 4. The number of hydrogen-bond acceptors (Lipinski definition) is 7. The van der Waals surface area contributed by atoms with Gasteiger partial charge in [0.2, 0.25) is 0 Å². The van der Waals surface area contributed by atoms with Crippen molar-refractivity contribution in [2.24, 2.45) is 0 Å². The summed E-state index contributed by atoms with van der Waals surface area (Å²) in [5, 5.41) is 4.31. The maximum absolute atomic E-state index is 13.2. The number of methoxy groups -OCH3 is 1. The van der Waals surface area contributed by atoms with Gasteiger partial charge in [0.15, 0.2) is 6.04 Å². The number of ether oxygens (including phenoxy) is 3. The fraction of sp³-hybridized carbons (Fsp3) is 0.100. The molecule has 1 atom stereocenters. The topological polar surface area (TPSA) is 104 Å². The zero-order valence-corrected chi connectivity index (χ0v) is 20.4. The maximum Gasteiger partial charge on any atom is 0.408 e. The smallest absolute Gasteiger partial charge is 0.408 e. The second-order valence-electron chi connectivity index (χ2n) is 8.43. The van der Waals surface area contributed by atoms with E-state index in [1.54, 1.807) is 60.7 Å². The molecule has 0 unspecified atom stereocenters. The summed E-state index contributed by atoms with van der Waals surface area (Å²) in [6, 6.07) is 26.7. The molecular formula is C30H23NO7. The summed E-state index contributed by atoms with van der Waals surface area (Å²) in [6.45, 7) is 0.0484. The molecule has 4 aromatic carbocycles. The Kier molecular flexibility index (Phi) is 7.04. The van der Waals surface area contributed by atoms with Crippen LogP contribution in [0.2, 0.25) is 0 Å². The lowest BCUT2D eigenvalue weighted by Crippen LogP contribution is -2.36. The van der Waals surface area contributed by atoms with Gasteiger partial charge in [-0.25, -0.2) is 14.4 Å². The van der Waals surface area contributed by atoms with Gasteiger partial charge in [0.1, 0.15) is 23.7 Å². The van der Waals surface area contributed by atoms with Gasteiger partial charge in [-0.05, 0) is 41.5 Å². The van der Waals surface area contributed by atoms with E-state index in [1.165, 1.54) is 13.2 Å². The summed E-state index contributed by atoms with van der Waals surface area (Å²) in [4.78, 5) is 38.3. The molecule has 1 N–H and O–H groups in total. The highest BCUT2D eigenvalue weighted by molar-refractivity contribution is 6.05. The molecule has 0 aliphatic carbocycles. The van der Waals surface area contributed by atoms with Gasteiger partial charge >= 0.3 is 17.7 Å². The standard InChI is InChI=1S/C30H23NO7/c1-35-21-12-14-23-24-15-13-22(17-26(24)38-28(32)25(23)16-21)37-29(33)27(20-10-6-3-7-11-20)31-30(34)36-18-19-8-4-2-5-9-19/h2-17,27H,18H2,1H3,(H,31,34)/t27-/m1/s1. The number of hydrogen-bond donors (Lipinski definition) is 1. The van der Waals surface area contributed by atoms with Crippen molar-refractivity contribution in [3.63, 3.8) is 0 Å². The number of fused-ring (bicyclic) bond motifs is 3. The Labute approximate surface area is 217 Å². The third kappa shape index (κ3) is 5.34. The van der Waals surface area contributed by atoms with Gasteiger partial charge in [-0.2, -0.15) is 0 Å². The molecule has 0 aliphatic heterocycles. The lowest BCUT2D eigenvalue weighted by atomic mass is 10.1. The number of carbonyl (C=O) groups excluding carboxylic acids is 2. The number of esters is 1. The van der Waals surface area contributed by atoms with Gasteiger partial charge in [0, 0.05) is 16.8 Å². The molecule has 5 aromatic rings. The highest BCUT2D eigenvalue weighted by Gasteiger charge is 2.26. The SMILES string of the molecule is COc1ccc2c(c1)c(=O)oc1cc(OC(=O)[C@H](NC(=O)OCc3ccccc3)c3ccccc3)ccc12. The molecule has 0 aliphatic rings. The second kappa shape index (κ2) is 10.9. The van der Waals surface area contributed by atoms with Crippen LogP contribution in [0, 0.1) is 0 Å². The Hall–Kier alpha value is -5.11. The second-order valence-corrected chi connectivity index (χ2v) is 8.43. The van der Waals surface area contributed by atoms with Crippen LogP contribution >= 0.6 is 0 Å². The Balaban J connectivity index is 1.38. The van der Waals surface area contributed by atoms with Crippen LogP contribution in [0.5, 0.6) is 11.5 Å². The van der Waals surface area contributed by atoms with Crippen LogP contribution in [0.1, 0.15) is 17.2 Å². The van der Waals surface area contributed by atoms with E-state index in [4.69, 9.17) is 18.6 Å². The van der Waals surface area contributed by atoms with Crippen molar-refractivity contribution < 1.29 is 28.2 Å². The Morgan fingerprint density at radius 1 is 0.816 bits per heavy atom. The molecule has 1 aromatic heterocycles. The summed E-state index contributed by atoms with van der Waals surface area (Å²) < 4.78 is 21.6. The predicted molar refractivity (Wildman–Crippen MR) is 141 cm³/mol. The molecule has 0 saturated heterocycles. The number of rotatable bonds is 7. The fourth-order valence-corrected chi connectivity index (χ4v) is 4.06. The van der Waals surface area contributed by atoms with Crippen molar-refractivity contribution in [2.45, 2.75) is 12.6 Å². The maximum atomic E-state index is 13.2. The van der Waals surface area contributed by atoms with Crippen molar-refractivity contribution in [1.29, 1.82) is 0 Å². The van der Waals surface area contributed by atoms with Gasteiger partial charge in [0.05, 0.1) is 12.5 Å². The highest BCUT2D eigenvalue weighted by atomic mass is 16.6. The van der Waals surface area contributed by atoms with E-state index < -0.39 is 23.7 Å². The minimum atomic E-state index is -1.13. The summed E-state index contributed by atoms with van der Waals surface area (Å²) in [5.74, 6) is -0.0459. The quantitative estimate of drug-likeness (QED) is 0.133. The summed E-state index contributed by atoms with van der Waals surface area (Å²) in [6.07, 6.45) is -0.772. The molecule has 8 nitrogen and oxygen atoms in total. The van der Waals surface area contributed by atoms with E-state index >= 15 is 0 Å². The van der Waals surface area contributed by atoms with Crippen molar-refractivity contribution in [3.8, 4) is 11.5 Å². The number of amides is 1. The first-order valence-corrected chi connectivity index (χ1v) is 11.8. The first kappa shape index (κ1) is 24.6. The van der Waals surface area contributed by atoms with E-state index in [0.29, 0.717) is 27.5 Å². The van der Waals surface area contributed by atoms with Crippen LogP contribution in [0.25, 0.3) is 21.7 Å². The molecule has 190 valence electrons. The molecule has 0 radical (unpaired) electrons. The van der Waals surface area contributed by atoms with Crippen LogP contribution in [0.15, 0.2) is 106 Å². The van der Waals surface area contributed by atoms with Crippen molar-refractivity contribution >= 4 is 33.8 Å². The Morgan fingerprint density at radius 2 is 1.50 bits per heavy atom. The van der Waals surface area contributed by atoms with Crippen LogP contribution in [0.4, 0.5) is 4.79 Å². The molecule has 5 rings (SSSR count). The average molecular weight is 510 g/mol. The fourth-order valence-electron chi connectivity index (χ4n) is 4.06. The van der Waals surface area contributed by atoms with E-state index in [2.05, 4.69) is 5.32 Å². The van der Waals surface area contributed by atoms with Crippen LogP contribution in [0.3, 0.4) is 0 Å². The highest BCUT2D eigenvalue weighted by Crippen LogP contribution is 2.29. The van der Waals surface area contributed by atoms with Gasteiger partial charge in [-0.15, -0.1) is 0 Å². The zero-order valence-electron chi connectivity index (χ0n) is 20.4.